The zero-order chi connectivity index (χ0) is 14.5. The number of nitrogens with zero attached hydrogens (tertiary/aromatic N) is 1. The third kappa shape index (κ3) is 3.35. The molecule has 106 valence electrons. The monoisotopic (exact) mass is 276 g/mol. The molecule has 1 fully saturated rings. The lowest BCUT2D eigenvalue weighted by atomic mass is 10.1. The average Bonchev–Trinajstić information content (AvgIpc) is 2.87. The van der Waals surface area contributed by atoms with Crippen molar-refractivity contribution in [3.8, 4) is 11.8 Å². The normalized spacial score (nSPS) is 18.6. The highest BCUT2D eigenvalue weighted by Gasteiger charge is 2.28. The highest BCUT2D eigenvalue weighted by atomic mass is 19.1. The Labute approximate surface area is 117 Å². The molecule has 1 amide bonds. The van der Waals surface area contributed by atoms with Gasteiger partial charge >= 0.3 is 0 Å². The van der Waals surface area contributed by atoms with Crippen LogP contribution < -0.4 is 5.73 Å². The van der Waals surface area contributed by atoms with Crippen LogP contribution >= 0.6 is 0 Å². The first-order valence-corrected chi connectivity index (χ1v) is 6.53. The Morgan fingerprint density at radius 2 is 2.35 bits per heavy atom. The quantitative estimate of drug-likeness (QED) is 0.795. The minimum Gasteiger partial charge on any atom is -0.384 e. The molecule has 0 radical (unpaired) electrons. The standard InChI is InChI=1S/C15H17FN2O2/c16-13-6-5-11(9-12(13)3-2-8-19)10-18-7-1-4-14(18)15(17)20/h5-6,9,14,19H,1,4,7-8,10H2,(H2,17,20). The van der Waals surface area contributed by atoms with Gasteiger partial charge in [-0.2, -0.15) is 0 Å². The summed E-state index contributed by atoms with van der Waals surface area (Å²) in [5, 5.41) is 8.66. The summed E-state index contributed by atoms with van der Waals surface area (Å²) in [6, 6.07) is 4.43. The molecule has 1 aromatic rings. The molecule has 0 aromatic heterocycles. The zero-order valence-corrected chi connectivity index (χ0v) is 11.1. The molecule has 5 heteroatoms. The van der Waals surface area contributed by atoms with Gasteiger partial charge < -0.3 is 10.8 Å². The Morgan fingerprint density at radius 1 is 1.55 bits per heavy atom. The summed E-state index contributed by atoms with van der Waals surface area (Å²) < 4.78 is 13.5. The first-order valence-electron chi connectivity index (χ1n) is 6.53. The van der Waals surface area contributed by atoms with Crippen molar-refractivity contribution in [2.45, 2.75) is 25.4 Å². The number of hydrogen-bond donors (Lipinski definition) is 2. The van der Waals surface area contributed by atoms with Crippen molar-refractivity contribution in [3.63, 3.8) is 0 Å². The average molecular weight is 276 g/mol. The molecule has 1 saturated heterocycles. The van der Waals surface area contributed by atoms with Gasteiger partial charge in [-0.1, -0.05) is 17.9 Å². The highest BCUT2D eigenvalue weighted by Crippen LogP contribution is 2.20. The number of primary amides is 1. The number of likely N-dealkylation sites (tertiary alicyclic amines) is 1. The number of aliphatic hydroxyl groups is 1. The maximum absolute atomic E-state index is 13.5. The molecule has 1 aliphatic heterocycles. The Balaban J connectivity index is 2.15. The van der Waals surface area contributed by atoms with Crippen LogP contribution in [0.15, 0.2) is 18.2 Å². The third-order valence-corrected chi connectivity index (χ3v) is 3.41. The summed E-state index contributed by atoms with van der Waals surface area (Å²) in [7, 11) is 0. The topological polar surface area (TPSA) is 66.6 Å². The second-order valence-electron chi connectivity index (χ2n) is 4.80. The van der Waals surface area contributed by atoms with Crippen LogP contribution in [0.4, 0.5) is 4.39 Å². The van der Waals surface area contributed by atoms with E-state index in [1.165, 1.54) is 6.07 Å². The third-order valence-electron chi connectivity index (χ3n) is 3.41. The van der Waals surface area contributed by atoms with E-state index in [1.54, 1.807) is 12.1 Å². The van der Waals surface area contributed by atoms with Gasteiger partial charge in [0.1, 0.15) is 12.4 Å². The van der Waals surface area contributed by atoms with Crippen molar-refractivity contribution in [1.82, 2.24) is 4.90 Å². The number of halogens is 1. The number of benzene rings is 1. The first kappa shape index (κ1) is 14.5. The lowest BCUT2D eigenvalue weighted by Crippen LogP contribution is -2.39. The van der Waals surface area contributed by atoms with Gasteiger partial charge in [-0.25, -0.2) is 4.39 Å². The van der Waals surface area contributed by atoms with Crippen LogP contribution in [0.1, 0.15) is 24.0 Å². The van der Waals surface area contributed by atoms with Gasteiger partial charge in [0.25, 0.3) is 0 Å². The fraction of sp³-hybridized carbons (Fsp3) is 0.400. The van der Waals surface area contributed by atoms with Crippen molar-refractivity contribution >= 4 is 5.91 Å². The van der Waals surface area contributed by atoms with E-state index in [4.69, 9.17) is 10.8 Å². The molecule has 1 atom stereocenters. The van der Waals surface area contributed by atoms with Gasteiger partial charge in [-0.15, -0.1) is 0 Å². The lowest BCUT2D eigenvalue weighted by molar-refractivity contribution is -0.122. The van der Waals surface area contributed by atoms with E-state index in [9.17, 15) is 9.18 Å². The Kier molecular flexibility index (Phi) is 4.72. The van der Waals surface area contributed by atoms with Gasteiger partial charge in [0.2, 0.25) is 5.91 Å². The smallest absolute Gasteiger partial charge is 0.234 e. The maximum atomic E-state index is 13.5. The van der Waals surface area contributed by atoms with Crippen molar-refractivity contribution in [2.75, 3.05) is 13.2 Å². The van der Waals surface area contributed by atoms with Gasteiger partial charge in [0.15, 0.2) is 0 Å². The SMILES string of the molecule is NC(=O)C1CCCN1Cc1ccc(F)c(C#CCO)c1. The highest BCUT2D eigenvalue weighted by molar-refractivity contribution is 5.80. The van der Waals surface area contributed by atoms with E-state index in [-0.39, 0.29) is 24.1 Å². The molecule has 0 aliphatic carbocycles. The van der Waals surface area contributed by atoms with Crippen LogP contribution in [-0.4, -0.2) is 35.1 Å². The molecule has 0 bridgehead atoms. The van der Waals surface area contributed by atoms with Crippen LogP contribution in [0, 0.1) is 17.7 Å². The summed E-state index contributed by atoms with van der Waals surface area (Å²) in [6.45, 7) is 1.05. The van der Waals surface area contributed by atoms with Crippen LogP contribution in [0.5, 0.6) is 0 Å². The molecule has 0 saturated carbocycles. The van der Waals surface area contributed by atoms with Crippen LogP contribution in [0.3, 0.4) is 0 Å². The van der Waals surface area contributed by atoms with Crippen LogP contribution in [0.25, 0.3) is 0 Å². The molecular weight excluding hydrogens is 259 g/mol. The fourth-order valence-corrected chi connectivity index (χ4v) is 2.47. The summed E-state index contributed by atoms with van der Waals surface area (Å²) in [4.78, 5) is 13.3. The van der Waals surface area contributed by atoms with E-state index in [2.05, 4.69) is 11.8 Å². The number of hydrogen-bond acceptors (Lipinski definition) is 3. The summed E-state index contributed by atoms with van der Waals surface area (Å²) in [5.74, 6) is 4.28. The molecule has 20 heavy (non-hydrogen) atoms. The molecule has 4 nitrogen and oxygen atoms in total. The molecule has 3 N–H and O–H groups in total. The second-order valence-corrected chi connectivity index (χ2v) is 4.80. The summed E-state index contributed by atoms with van der Waals surface area (Å²) in [6.07, 6.45) is 1.71. The van der Waals surface area contributed by atoms with Crippen molar-refractivity contribution in [2.24, 2.45) is 5.73 Å². The number of carbonyl (C=O) groups excluding carboxylic acids is 1. The Morgan fingerprint density at radius 3 is 3.05 bits per heavy atom. The molecule has 1 aliphatic rings. The van der Waals surface area contributed by atoms with E-state index in [1.807, 2.05) is 4.90 Å². The van der Waals surface area contributed by atoms with E-state index >= 15 is 0 Å². The number of nitrogens with two attached hydrogens (primary N) is 1. The molecular formula is C15H17FN2O2. The number of amides is 1. The maximum Gasteiger partial charge on any atom is 0.234 e. The van der Waals surface area contributed by atoms with Crippen molar-refractivity contribution < 1.29 is 14.3 Å². The number of rotatable bonds is 3. The second kappa shape index (κ2) is 6.51. The fourth-order valence-electron chi connectivity index (χ4n) is 2.47. The Hall–Kier alpha value is -1.90. The van der Waals surface area contributed by atoms with Crippen LogP contribution in [-0.2, 0) is 11.3 Å². The van der Waals surface area contributed by atoms with Gasteiger partial charge in [0, 0.05) is 6.54 Å². The van der Waals surface area contributed by atoms with E-state index in [0.717, 1.165) is 24.9 Å². The van der Waals surface area contributed by atoms with Crippen molar-refractivity contribution in [1.29, 1.82) is 0 Å². The minimum absolute atomic E-state index is 0.243. The molecule has 1 aromatic carbocycles. The van der Waals surface area contributed by atoms with Crippen LogP contribution in [0.2, 0.25) is 0 Å². The van der Waals surface area contributed by atoms with E-state index in [0.29, 0.717) is 6.54 Å². The number of carbonyl (C=O) groups is 1. The lowest BCUT2D eigenvalue weighted by Gasteiger charge is -2.21. The summed E-state index contributed by atoms with van der Waals surface area (Å²) >= 11 is 0. The largest absolute Gasteiger partial charge is 0.384 e. The predicted octanol–water partition coefficient (Wildman–Crippen LogP) is 0.619. The minimum atomic E-state index is -0.414. The molecule has 0 spiro atoms. The number of aliphatic hydroxyl groups excluding tert-OH is 1. The molecule has 2 rings (SSSR count). The first-order chi connectivity index (χ1) is 9.61. The Bertz CT molecular complexity index is 563. The summed E-state index contributed by atoms with van der Waals surface area (Å²) in [5.41, 5.74) is 6.50. The predicted molar refractivity (Wildman–Crippen MR) is 73.0 cm³/mol. The van der Waals surface area contributed by atoms with E-state index < -0.39 is 5.82 Å². The van der Waals surface area contributed by atoms with Gasteiger partial charge in [-0.3, -0.25) is 9.69 Å². The van der Waals surface area contributed by atoms with Crippen molar-refractivity contribution in [3.05, 3.63) is 35.1 Å². The van der Waals surface area contributed by atoms with Gasteiger partial charge in [0.05, 0.1) is 11.6 Å². The van der Waals surface area contributed by atoms with Gasteiger partial charge in [-0.05, 0) is 37.1 Å². The zero-order valence-electron chi connectivity index (χ0n) is 11.1. The molecule has 1 unspecified atom stereocenters. The molecule has 1 heterocycles.